The SMILES string of the molecule is Cc1cc(C=Nc2cccc(O)c2)c(C)n1C1CCCCC1. The highest BCUT2D eigenvalue weighted by Gasteiger charge is 2.19. The van der Waals surface area contributed by atoms with Gasteiger partial charge in [0, 0.05) is 35.3 Å². The van der Waals surface area contributed by atoms with Gasteiger partial charge < -0.3 is 9.67 Å². The lowest BCUT2D eigenvalue weighted by atomic mass is 9.95. The molecule has 3 nitrogen and oxygen atoms in total. The van der Waals surface area contributed by atoms with Gasteiger partial charge in [0.1, 0.15) is 5.75 Å². The molecule has 1 heterocycles. The van der Waals surface area contributed by atoms with Crippen LogP contribution in [0.1, 0.15) is 55.1 Å². The van der Waals surface area contributed by atoms with Crippen molar-refractivity contribution in [3.05, 3.63) is 47.3 Å². The molecule has 1 aromatic carbocycles. The van der Waals surface area contributed by atoms with Crippen LogP contribution >= 0.6 is 0 Å². The topological polar surface area (TPSA) is 37.5 Å². The van der Waals surface area contributed by atoms with Gasteiger partial charge in [0.25, 0.3) is 0 Å². The molecule has 22 heavy (non-hydrogen) atoms. The van der Waals surface area contributed by atoms with Crippen LogP contribution < -0.4 is 0 Å². The van der Waals surface area contributed by atoms with Gasteiger partial charge in [0.15, 0.2) is 0 Å². The van der Waals surface area contributed by atoms with E-state index in [2.05, 4.69) is 29.5 Å². The van der Waals surface area contributed by atoms with Crippen molar-refractivity contribution in [1.82, 2.24) is 4.57 Å². The third-order valence-electron chi connectivity index (χ3n) is 4.65. The highest BCUT2D eigenvalue weighted by atomic mass is 16.3. The first-order chi connectivity index (χ1) is 10.6. The predicted molar refractivity (Wildman–Crippen MR) is 91.4 cm³/mol. The van der Waals surface area contributed by atoms with Gasteiger partial charge in [-0.05, 0) is 44.9 Å². The van der Waals surface area contributed by atoms with Crippen molar-refractivity contribution in [2.24, 2.45) is 4.99 Å². The van der Waals surface area contributed by atoms with Crippen LogP contribution in [0.4, 0.5) is 5.69 Å². The quantitative estimate of drug-likeness (QED) is 0.789. The summed E-state index contributed by atoms with van der Waals surface area (Å²) in [6.07, 6.45) is 8.56. The Morgan fingerprint density at radius 1 is 1.14 bits per heavy atom. The smallest absolute Gasteiger partial charge is 0.117 e. The maximum absolute atomic E-state index is 9.51. The second kappa shape index (κ2) is 6.39. The molecule has 116 valence electrons. The van der Waals surface area contributed by atoms with Crippen molar-refractivity contribution in [1.29, 1.82) is 0 Å². The molecule has 0 amide bonds. The Labute approximate surface area is 132 Å². The molecule has 1 saturated carbocycles. The van der Waals surface area contributed by atoms with Crippen molar-refractivity contribution < 1.29 is 5.11 Å². The lowest BCUT2D eigenvalue weighted by molar-refractivity contribution is 0.346. The van der Waals surface area contributed by atoms with E-state index in [1.54, 1.807) is 12.1 Å². The molecule has 1 aliphatic carbocycles. The molecule has 0 radical (unpaired) electrons. The molecule has 1 aliphatic rings. The van der Waals surface area contributed by atoms with Gasteiger partial charge in [0.2, 0.25) is 0 Å². The van der Waals surface area contributed by atoms with Gasteiger partial charge >= 0.3 is 0 Å². The molecule has 0 spiro atoms. The van der Waals surface area contributed by atoms with Crippen LogP contribution in [0.5, 0.6) is 5.75 Å². The molecule has 1 aromatic heterocycles. The van der Waals surface area contributed by atoms with Crippen molar-refractivity contribution in [2.75, 3.05) is 0 Å². The summed E-state index contributed by atoms with van der Waals surface area (Å²) in [5, 5.41) is 9.51. The molecule has 0 aliphatic heterocycles. The molecule has 0 atom stereocenters. The number of aryl methyl sites for hydroxylation is 1. The number of nitrogens with zero attached hydrogens (tertiary/aromatic N) is 2. The number of hydrogen-bond acceptors (Lipinski definition) is 2. The van der Waals surface area contributed by atoms with Gasteiger partial charge in [-0.1, -0.05) is 25.3 Å². The molecule has 0 saturated heterocycles. The lowest BCUT2D eigenvalue weighted by Gasteiger charge is -2.26. The van der Waals surface area contributed by atoms with E-state index >= 15 is 0 Å². The number of aromatic hydroxyl groups is 1. The maximum atomic E-state index is 9.51. The Balaban J connectivity index is 1.85. The molecule has 1 N–H and O–H groups in total. The minimum absolute atomic E-state index is 0.252. The first kappa shape index (κ1) is 14.9. The minimum atomic E-state index is 0.252. The van der Waals surface area contributed by atoms with E-state index in [1.807, 2.05) is 18.3 Å². The van der Waals surface area contributed by atoms with E-state index in [4.69, 9.17) is 0 Å². The molecule has 3 heteroatoms. The number of hydrogen-bond donors (Lipinski definition) is 1. The Morgan fingerprint density at radius 3 is 2.64 bits per heavy atom. The zero-order valence-electron chi connectivity index (χ0n) is 13.4. The van der Waals surface area contributed by atoms with Crippen molar-refractivity contribution in [3.8, 4) is 5.75 Å². The predicted octanol–water partition coefficient (Wildman–Crippen LogP) is 5.07. The largest absolute Gasteiger partial charge is 0.508 e. The van der Waals surface area contributed by atoms with Crippen LogP contribution in [0.15, 0.2) is 35.3 Å². The Bertz CT molecular complexity index is 679. The summed E-state index contributed by atoms with van der Waals surface area (Å²) in [5.74, 6) is 0.252. The monoisotopic (exact) mass is 296 g/mol. The first-order valence-corrected chi connectivity index (χ1v) is 8.16. The number of aromatic nitrogens is 1. The van der Waals surface area contributed by atoms with Gasteiger partial charge in [-0.15, -0.1) is 0 Å². The Hall–Kier alpha value is -2.03. The van der Waals surface area contributed by atoms with Crippen LogP contribution in [-0.4, -0.2) is 15.9 Å². The summed E-state index contributed by atoms with van der Waals surface area (Å²) in [6.45, 7) is 4.37. The van der Waals surface area contributed by atoms with Crippen LogP contribution in [0, 0.1) is 13.8 Å². The lowest BCUT2D eigenvalue weighted by Crippen LogP contribution is -2.15. The van der Waals surface area contributed by atoms with Gasteiger partial charge in [0.05, 0.1) is 5.69 Å². The fourth-order valence-corrected chi connectivity index (χ4v) is 3.55. The van der Waals surface area contributed by atoms with E-state index in [9.17, 15) is 5.11 Å². The summed E-state index contributed by atoms with van der Waals surface area (Å²) >= 11 is 0. The average Bonchev–Trinajstić information content (AvgIpc) is 2.80. The van der Waals surface area contributed by atoms with Crippen molar-refractivity contribution in [3.63, 3.8) is 0 Å². The van der Waals surface area contributed by atoms with Crippen LogP contribution in [-0.2, 0) is 0 Å². The molecule has 2 aromatic rings. The van der Waals surface area contributed by atoms with E-state index in [0.29, 0.717) is 6.04 Å². The fourth-order valence-electron chi connectivity index (χ4n) is 3.55. The molecule has 0 bridgehead atoms. The number of phenolic OH excluding ortho intramolecular Hbond substituents is 1. The zero-order valence-corrected chi connectivity index (χ0v) is 13.4. The summed E-state index contributed by atoms with van der Waals surface area (Å²) in [4.78, 5) is 4.50. The Kier molecular flexibility index (Phi) is 4.32. The number of phenols is 1. The van der Waals surface area contributed by atoms with Gasteiger partial charge in [-0.2, -0.15) is 0 Å². The van der Waals surface area contributed by atoms with E-state index in [-0.39, 0.29) is 5.75 Å². The van der Waals surface area contributed by atoms with E-state index in [0.717, 1.165) is 5.69 Å². The highest BCUT2D eigenvalue weighted by molar-refractivity contribution is 5.84. The molecule has 0 unspecified atom stereocenters. The zero-order chi connectivity index (χ0) is 15.5. The molecule has 3 rings (SSSR count). The molecule has 1 fully saturated rings. The average molecular weight is 296 g/mol. The fraction of sp³-hybridized carbons (Fsp3) is 0.421. The standard InChI is InChI=1S/C19H24N2O/c1-14-11-16(13-20-17-7-6-10-19(22)12-17)15(2)21(14)18-8-4-3-5-9-18/h6-7,10-13,18,22H,3-5,8-9H2,1-2H3. The van der Waals surface area contributed by atoms with Crippen molar-refractivity contribution in [2.45, 2.75) is 52.0 Å². The summed E-state index contributed by atoms with van der Waals surface area (Å²) in [7, 11) is 0. The molecular formula is C19H24N2O. The van der Waals surface area contributed by atoms with Crippen LogP contribution in [0.25, 0.3) is 0 Å². The summed E-state index contributed by atoms with van der Waals surface area (Å²) in [6, 6.07) is 9.92. The second-order valence-corrected chi connectivity index (χ2v) is 6.27. The number of rotatable bonds is 3. The maximum Gasteiger partial charge on any atom is 0.117 e. The van der Waals surface area contributed by atoms with E-state index in [1.165, 1.54) is 49.1 Å². The normalized spacial score (nSPS) is 16.5. The third kappa shape index (κ3) is 3.08. The first-order valence-electron chi connectivity index (χ1n) is 8.16. The Morgan fingerprint density at radius 2 is 1.91 bits per heavy atom. The second-order valence-electron chi connectivity index (χ2n) is 6.27. The van der Waals surface area contributed by atoms with Crippen LogP contribution in [0.3, 0.4) is 0 Å². The molecular weight excluding hydrogens is 272 g/mol. The minimum Gasteiger partial charge on any atom is -0.508 e. The highest BCUT2D eigenvalue weighted by Crippen LogP contribution is 2.32. The van der Waals surface area contributed by atoms with Gasteiger partial charge in [-0.3, -0.25) is 4.99 Å². The van der Waals surface area contributed by atoms with E-state index < -0.39 is 0 Å². The number of benzene rings is 1. The van der Waals surface area contributed by atoms with Gasteiger partial charge in [-0.25, -0.2) is 0 Å². The third-order valence-corrected chi connectivity index (χ3v) is 4.65. The summed E-state index contributed by atoms with van der Waals surface area (Å²) < 4.78 is 2.49. The number of aliphatic imine (C=N–C) groups is 1. The van der Waals surface area contributed by atoms with Crippen molar-refractivity contribution >= 4 is 11.9 Å². The van der Waals surface area contributed by atoms with Crippen LogP contribution in [0.2, 0.25) is 0 Å². The summed E-state index contributed by atoms with van der Waals surface area (Å²) in [5.41, 5.74) is 4.57.